The van der Waals surface area contributed by atoms with E-state index in [4.69, 9.17) is 16.3 Å². The quantitative estimate of drug-likeness (QED) is 0.765. The largest absolute Gasteiger partial charge is 0.485 e. The van der Waals surface area contributed by atoms with Crippen LogP contribution in [0.2, 0.25) is 5.02 Å². The molecular formula is C16H15ClO2. The highest BCUT2D eigenvalue weighted by molar-refractivity contribution is 6.30. The molecule has 0 fully saturated rings. The van der Waals surface area contributed by atoms with Gasteiger partial charge in [0.25, 0.3) is 0 Å². The summed E-state index contributed by atoms with van der Waals surface area (Å²) in [6.45, 7) is 2.13. The standard InChI is InChI=1S/C16H15ClO2/c1-2-12-3-9-15(10-4-12)19-11-16(18)13-5-7-14(17)8-6-13/h3-10H,2,11H2,1H3. The first-order valence-electron chi connectivity index (χ1n) is 6.19. The molecule has 0 unspecified atom stereocenters. The zero-order chi connectivity index (χ0) is 13.7. The van der Waals surface area contributed by atoms with Gasteiger partial charge in [0.05, 0.1) is 0 Å². The van der Waals surface area contributed by atoms with Crippen LogP contribution in [-0.4, -0.2) is 12.4 Å². The molecule has 0 saturated heterocycles. The number of halogens is 1. The zero-order valence-electron chi connectivity index (χ0n) is 10.7. The van der Waals surface area contributed by atoms with Crippen LogP contribution in [0.15, 0.2) is 48.5 Å². The van der Waals surface area contributed by atoms with Crippen molar-refractivity contribution < 1.29 is 9.53 Å². The zero-order valence-corrected chi connectivity index (χ0v) is 11.5. The van der Waals surface area contributed by atoms with E-state index in [1.807, 2.05) is 24.3 Å². The molecular weight excluding hydrogens is 260 g/mol. The Morgan fingerprint density at radius 3 is 2.26 bits per heavy atom. The number of carbonyl (C=O) groups excluding carboxylic acids is 1. The maximum absolute atomic E-state index is 11.9. The summed E-state index contributed by atoms with van der Waals surface area (Å²) >= 11 is 5.78. The monoisotopic (exact) mass is 274 g/mol. The first kappa shape index (κ1) is 13.6. The van der Waals surface area contributed by atoms with Crippen LogP contribution >= 0.6 is 11.6 Å². The Balaban J connectivity index is 1.94. The molecule has 0 amide bonds. The minimum absolute atomic E-state index is 0.0348. The topological polar surface area (TPSA) is 26.3 Å². The van der Waals surface area contributed by atoms with Crippen LogP contribution in [0, 0.1) is 0 Å². The second-order valence-electron chi connectivity index (χ2n) is 4.22. The van der Waals surface area contributed by atoms with Crippen LogP contribution in [-0.2, 0) is 6.42 Å². The Morgan fingerprint density at radius 1 is 1.05 bits per heavy atom. The highest BCUT2D eigenvalue weighted by Gasteiger charge is 2.06. The maximum atomic E-state index is 11.9. The van der Waals surface area contributed by atoms with Gasteiger partial charge < -0.3 is 4.74 Å². The third-order valence-corrected chi connectivity index (χ3v) is 3.12. The van der Waals surface area contributed by atoms with Crippen LogP contribution in [0.25, 0.3) is 0 Å². The Morgan fingerprint density at radius 2 is 1.68 bits per heavy atom. The van der Waals surface area contributed by atoms with Gasteiger partial charge >= 0.3 is 0 Å². The Kier molecular flexibility index (Phi) is 4.58. The predicted octanol–water partition coefficient (Wildman–Crippen LogP) is 4.16. The van der Waals surface area contributed by atoms with Crippen LogP contribution in [0.5, 0.6) is 5.75 Å². The fourth-order valence-electron chi connectivity index (χ4n) is 1.69. The van der Waals surface area contributed by atoms with E-state index in [1.165, 1.54) is 5.56 Å². The number of rotatable bonds is 5. The van der Waals surface area contributed by atoms with Crippen molar-refractivity contribution in [3.63, 3.8) is 0 Å². The van der Waals surface area contributed by atoms with E-state index in [1.54, 1.807) is 24.3 Å². The van der Waals surface area contributed by atoms with Gasteiger partial charge in [-0.15, -0.1) is 0 Å². The average molecular weight is 275 g/mol. The van der Waals surface area contributed by atoms with E-state index < -0.39 is 0 Å². The third kappa shape index (κ3) is 3.83. The summed E-state index contributed by atoms with van der Waals surface area (Å²) in [5.74, 6) is 0.649. The molecule has 2 aromatic rings. The number of aryl methyl sites for hydroxylation is 1. The molecule has 2 rings (SSSR count). The van der Waals surface area contributed by atoms with Crippen LogP contribution in [0.4, 0.5) is 0 Å². The second-order valence-corrected chi connectivity index (χ2v) is 4.65. The highest BCUT2D eigenvalue weighted by Crippen LogP contribution is 2.14. The smallest absolute Gasteiger partial charge is 0.200 e. The summed E-state index contributed by atoms with van der Waals surface area (Å²) in [7, 11) is 0. The summed E-state index contributed by atoms with van der Waals surface area (Å²) in [6, 6.07) is 14.6. The van der Waals surface area contributed by atoms with E-state index in [-0.39, 0.29) is 12.4 Å². The lowest BCUT2D eigenvalue weighted by molar-refractivity contribution is 0.0921. The summed E-state index contributed by atoms with van der Waals surface area (Å²) in [6.07, 6.45) is 0.990. The fourth-order valence-corrected chi connectivity index (χ4v) is 1.82. The molecule has 98 valence electrons. The van der Waals surface area contributed by atoms with E-state index in [0.29, 0.717) is 16.3 Å². The van der Waals surface area contributed by atoms with E-state index in [9.17, 15) is 4.79 Å². The maximum Gasteiger partial charge on any atom is 0.200 e. The molecule has 0 saturated carbocycles. The van der Waals surface area contributed by atoms with Crippen LogP contribution in [0.1, 0.15) is 22.8 Å². The number of ether oxygens (including phenoxy) is 1. The normalized spacial score (nSPS) is 10.2. The minimum atomic E-state index is -0.0590. The first-order chi connectivity index (χ1) is 9.19. The van der Waals surface area contributed by atoms with Crippen molar-refractivity contribution in [2.75, 3.05) is 6.61 Å². The number of Topliss-reactive ketones (excluding diaryl/α,β-unsaturated/α-hetero) is 1. The number of ketones is 1. The summed E-state index contributed by atoms with van der Waals surface area (Å²) in [4.78, 5) is 11.9. The molecule has 3 heteroatoms. The van der Waals surface area contributed by atoms with Gasteiger partial charge in [0, 0.05) is 10.6 Å². The van der Waals surface area contributed by atoms with Crippen molar-refractivity contribution in [2.45, 2.75) is 13.3 Å². The van der Waals surface area contributed by atoms with Crippen molar-refractivity contribution in [3.8, 4) is 5.75 Å². The van der Waals surface area contributed by atoms with Crippen LogP contribution in [0.3, 0.4) is 0 Å². The first-order valence-corrected chi connectivity index (χ1v) is 6.57. The summed E-state index contributed by atoms with van der Waals surface area (Å²) < 4.78 is 5.47. The lowest BCUT2D eigenvalue weighted by Crippen LogP contribution is -2.11. The van der Waals surface area contributed by atoms with Crippen molar-refractivity contribution in [2.24, 2.45) is 0 Å². The van der Waals surface area contributed by atoms with E-state index in [2.05, 4.69) is 6.92 Å². The summed E-state index contributed by atoms with van der Waals surface area (Å²) in [5.41, 5.74) is 1.85. The molecule has 0 aromatic heterocycles. The molecule has 0 aliphatic carbocycles. The lowest BCUT2D eigenvalue weighted by Gasteiger charge is -2.06. The summed E-state index contributed by atoms with van der Waals surface area (Å²) in [5, 5.41) is 0.618. The SMILES string of the molecule is CCc1ccc(OCC(=O)c2ccc(Cl)cc2)cc1. The Bertz CT molecular complexity index is 544. The van der Waals surface area contributed by atoms with E-state index in [0.717, 1.165) is 6.42 Å². The van der Waals surface area contributed by atoms with Gasteiger partial charge in [-0.1, -0.05) is 30.7 Å². The highest BCUT2D eigenvalue weighted by atomic mass is 35.5. The van der Waals surface area contributed by atoms with Gasteiger partial charge in [-0.3, -0.25) is 4.79 Å². The van der Waals surface area contributed by atoms with Crippen molar-refractivity contribution >= 4 is 17.4 Å². The lowest BCUT2D eigenvalue weighted by atomic mass is 10.1. The Hall–Kier alpha value is -1.80. The van der Waals surface area contributed by atoms with Gasteiger partial charge in [0.15, 0.2) is 12.4 Å². The molecule has 0 aliphatic rings. The minimum Gasteiger partial charge on any atom is -0.485 e. The molecule has 2 nitrogen and oxygen atoms in total. The number of carbonyl (C=O) groups is 1. The third-order valence-electron chi connectivity index (χ3n) is 2.87. The molecule has 0 spiro atoms. The van der Waals surface area contributed by atoms with Gasteiger partial charge in [0.2, 0.25) is 0 Å². The number of hydrogen-bond acceptors (Lipinski definition) is 2. The average Bonchev–Trinajstić information content (AvgIpc) is 2.46. The molecule has 0 atom stereocenters. The van der Waals surface area contributed by atoms with Crippen LogP contribution < -0.4 is 4.74 Å². The molecule has 19 heavy (non-hydrogen) atoms. The molecule has 0 radical (unpaired) electrons. The van der Waals surface area contributed by atoms with Crippen molar-refractivity contribution in [1.82, 2.24) is 0 Å². The van der Waals surface area contributed by atoms with Crippen molar-refractivity contribution in [3.05, 3.63) is 64.7 Å². The fraction of sp³-hybridized carbons (Fsp3) is 0.188. The van der Waals surface area contributed by atoms with E-state index >= 15 is 0 Å². The van der Waals surface area contributed by atoms with Gasteiger partial charge in [-0.05, 0) is 48.4 Å². The second kappa shape index (κ2) is 6.39. The molecule has 0 heterocycles. The molecule has 2 aromatic carbocycles. The Labute approximate surface area is 118 Å². The number of hydrogen-bond donors (Lipinski definition) is 0. The molecule has 0 bridgehead atoms. The van der Waals surface area contributed by atoms with Gasteiger partial charge in [-0.2, -0.15) is 0 Å². The molecule has 0 aliphatic heterocycles. The van der Waals surface area contributed by atoms with Gasteiger partial charge in [0.1, 0.15) is 5.75 Å². The number of benzene rings is 2. The predicted molar refractivity (Wildman–Crippen MR) is 77.1 cm³/mol. The molecule has 0 N–H and O–H groups in total. The van der Waals surface area contributed by atoms with Gasteiger partial charge in [-0.25, -0.2) is 0 Å². The van der Waals surface area contributed by atoms with Crippen molar-refractivity contribution in [1.29, 1.82) is 0 Å².